The minimum atomic E-state index is 0.970. The van der Waals surface area contributed by atoms with Crippen molar-refractivity contribution in [3.05, 3.63) is 206 Å². The van der Waals surface area contributed by atoms with Crippen LogP contribution in [-0.4, -0.2) is 9.80 Å². The number of rotatable bonds is 12. The highest BCUT2D eigenvalue weighted by atomic mass is 15.1. The summed E-state index contributed by atoms with van der Waals surface area (Å²) in [7, 11) is 0. The van der Waals surface area contributed by atoms with Crippen LogP contribution in [0.25, 0.3) is 0 Å². The first-order valence-corrected chi connectivity index (χ1v) is 22.9. The summed E-state index contributed by atoms with van der Waals surface area (Å²) in [5, 5.41) is 0. The Morgan fingerprint density at radius 2 is 0.290 bits per heavy atom. The second-order valence-corrected chi connectivity index (χ2v) is 19.6. The van der Waals surface area contributed by atoms with Crippen molar-refractivity contribution >= 4 is 0 Å². The van der Waals surface area contributed by atoms with Crippen molar-refractivity contribution < 1.29 is 0 Å². The maximum absolute atomic E-state index is 2.64. The largest absolute Gasteiger partial charge is 0.291 e. The zero-order chi connectivity index (χ0) is 45.7. The van der Waals surface area contributed by atoms with Crippen LogP contribution in [0.1, 0.15) is 134 Å². The summed E-state index contributed by atoms with van der Waals surface area (Å²) in [6.07, 6.45) is 0. The van der Waals surface area contributed by atoms with Gasteiger partial charge in [0.1, 0.15) is 0 Å². The molecular formula is C60H78N2. The van der Waals surface area contributed by atoms with Gasteiger partial charge in [-0.05, 0) is 225 Å². The van der Waals surface area contributed by atoms with Gasteiger partial charge in [-0.3, -0.25) is 9.80 Å². The molecule has 0 fully saturated rings. The van der Waals surface area contributed by atoms with E-state index in [4.69, 9.17) is 0 Å². The van der Waals surface area contributed by atoms with Crippen LogP contribution < -0.4 is 0 Å². The summed E-state index contributed by atoms with van der Waals surface area (Å²) >= 11 is 0. The summed E-state index contributed by atoms with van der Waals surface area (Å²) in [6.45, 7) is 46.1. The quantitative estimate of drug-likeness (QED) is 0.121. The first-order valence-electron chi connectivity index (χ1n) is 22.9. The number of benzene rings is 6. The van der Waals surface area contributed by atoms with Crippen LogP contribution in [-0.2, 0) is 39.3 Å². The zero-order valence-electron chi connectivity index (χ0n) is 42.1. The molecule has 6 rings (SSSR count). The van der Waals surface area contributed by atoms with Crippen LogP contribution >= 0.6 is 0 Å². The third-order valence-corrected chi connectivity index (χ3v) is 13.3. The van der Waals surface area contributed by atoms with Gasteiger partial charge in [-0.2, -0.15) is 0 Å². The lowest BCUT2D eigenvalue weighted by molar-refractivity contribution is 0.244. The molecule has 328 valence electrons. The van der Waals surface area contributed by atoms with E-state index in [1.165, 1.54) is 134 Å². The molecule has 0 saturated heterocycles. The van der Waals surface area contributed by atoms with Crippen molar-refractivity contribution in [1.82, 2.24) is 9.80 Å². The molecule has 0 atom stereocenters. The van der Waals surface area contributed by atoms with Crippen molar-refractivity contribution in [2.45, 2.75) is 164 Å². The van der Waals surface area contributed by atoms with E-state index in [9.17, 15) is 0 Å². The Bertz CT molecular complexity index is 1960. The number of aryl methyl sites for hydroxylation is 18. The molecule has 2 nitrogen and oxygen atoms in total. The van der Waals surface area contributed by atoms with Crippen molar-refractivity contribution in [3.63, 3.8) is 0 Å². The van der Waals surface area contributed by atoms with E-state index in [2.05, 4.69) is 207 Å². The molecule has 0 N–H and O–H groups in total. The van der Waals surface area contributed by atoms with Crippen molar-refractivity contribution in [1.29, 1.82) is 0 Å². The van der Waals surface area contributed by atoms with Crippen molar-refractivity contribution in [2.75, 3.05) is 0 Å². The van der Waals surface area contributed by atoms with Crippen LogP contribution in [0.3, 0.4) is 0 Å². The molecule has 0 bridgehead atoms. The van der Waals surface area contributed by atoms with E-state index in [0.29, 0.717) is 0 Å². The lowest BCUT2D eigenvalue weighted by Gasteiger charge is -2.28. The molecule has 0 spiro atoms. The van der Waals surface area contributed by atoms with Gasteiger partial charge in [0.25, 0.3) is 0 Å². The predicted molar refractivity (Wildman–Crippen MR) is 270 cm³/mol. The fourth-order valence-corrected chi connectivity index (χ4v) is 10.4. The second-order valence-electron chi connectivity index (χ2n) is 19.6. The summed E-state index contributed by atoms with van der Waals surface area (Å²) in [4.78, 5) is 5.28. The molecule has 0 unspecified atom stereocenters. The average molecular weight is 827 g/mol. The Balaban J connectivity index is 0.000000234. The summed E-state index contributed by atoms with van der Waals surface area (Å²) < 4.78 is 0. The van der Waals surface area contributed by atoms with Gasteiger partial charge >= 0.3 is 0 Å². The minimum absolute atomic E-state index is 0.970. The molecule has 2 heteroatoms. The predicted octanol–water partition coefficient (Wildman–Crippen LogP) is 15.3. The fourth-order valence-electron chi connectivity index (χ4n) is 10.4. The van der Waals surface area contributed by atoms with E-state index in [-0.39, 0.29) is 0 Å². The van der Waals surface area contributed by atoms with Crippen molar-refractivity contribution in [2.24, 2.45) is 0 Å². The third kappa shape index (κ3) is 12.2. The normalized spacial score (nSPS) is 11.4. The Labute approximate surface area is 378 Å². The maximum atomic E-state index is 2.64. The lowest BCUT2D eigenvalue weighted by atomic mass is 9.95. The van der Waals surface area contributed by atoms with Crippen molar-refractivity contribution in [3.8, 4) is 0 Å². The molecule has 0 amide bonds. The Hall–Kier alpha value is -4.76. The SMILES string of the molecule is Cc1cc(C)c(CN(Cc2c(C)cc(C)cc2C)Cc2c(C)cc(C)cc2C)c(C)c1.Cc1cc(C)c(CN(Cc2c(C)cc(C)cc2C)Cc2c(C)cc(C)cc2C)c(C)c1. The van der Waals surface area contributed by atoms with Gasteiger partial charge in [-0.25, -0.2) is 0 Å². The molecule has 0 aromatic heterocycles. The monoisotopic (exact) mass is 827 g/mol. The molecule has 0 aliphatic rings. The maximum Gasteiger partial charge on any atom is 0.0246 e. The summed E-state index contributed by atoms with van der Waals surface area (Å²) in [5.74, 6) is 0. The lowest BCUT2D eigenvalue weighted by Crippen LogP contribution is -2.25. The van der Waals surface area contributed by atoms with Crippen LogP contribution in [0.4, 0.5) is 0 Å². The topological polar surface area (TPSA) is 6.48 Å². The highest BCUT2D eigenvalue weighted by Crippen LogP contribution is 2.29. The van der Waals surface area contributed by atoms with E-state index in [0.717, 1.165) is 39.3 Å². The minimum Gasteiger partial charge on any atom is -0.291 e. The number of hydrogen-bond donors (Lipinski definition) is 0. The molecule has 0 aliphatic heterocycles. The molecule has 6 aromatic rings. The van der Waals surface area contributed by atoms with Crippen LogP contribution in [0, 0.1) is 125 Å². The molecule has 62 heavy (non-hydrogen) atoms. The zero-order valence-corrected chi connectivity index (χ0v) is 42.1. The summed E-state index contributed by atoms with van der Waals surface area (Å²) in [6, 6.07) is 27.9. The molecule has 0 heterocycles. The first-order chi connectivity index (χ1) is 29.1. The molecule has 0 saturated carbocycles. The first kappa shape index (κ1) is 48.3. The van der Waals surface area contributed by atoms with Crippen LogP contribution in [0.2, 0.25) is 0 Å². The van der Waals surface area contributed by atoms with Gasteiger partial charge in [0, 0.05) is 39.3 Å². The number of hydrogen-bond acceptors (Lipinski definition) is 2. The van der Waals surface area contributed by atoms with Gasteiger partial charge in [-0.15, -0.1) is 0 Å². The fraction of sp³-hybridized carbons (Fsp3) is 0.400. The number of nitrogens with zero attached hydrogens (tertiary/aromatic N) is 2. The van der Waals surface area contributed by atoms with Gasteiger partial charge in [-0.1, -0.05) is 106 Å². The smallest absolute Gasteiger partial charge is 0.0246 e. The summed E-state index contributed by atoms with van der Waals surface area (Å²) in [5.41, 5.74) is 33.7. The van der Waals surface area contributed by atoms with Crippen LogP contribution in [0.15, 0.2) is 72.8 Å². The van der Waals surface area contributed by atoms with Gasteiger partial charge < -0.3 is 0 Å². The Morgan fingerprint density at radius 3 is 0.387 bits per heavy atom. The highest BCUT2D eigenvalue weighted by molar-refractivity contribution is 5.43. The van der Waals surface area contributed by atoms with E-state index >= 15 is 0 Å². The Kier molecular flexibility index (Phi) is 16.1. The standard InChI is InChI=1S/2C30H39N/c2*1-19-10-22(4)28(23(5)11-19)16-31(17-29-24(6)12-20(2)13-25(29)7)18-30-26(8)14-21(3)15-27(30)9/h2*10-15H,16-18H2,1-9H3. The van der Waals surface area contributed by atoms with Crippen LogP contribution in [0.5, 0.6) is 0 Å². The average Bonchev–Trinajstić information content (AvgIpc) is 3.13. The molecule has 6 aromatic carbocycles. The van der Waals surface area contributed by atoms with E-state index < -0.39 is 0 Å². The van der Waals surface area contributed by atoms with Gasteiger partial charge in [0.15, 0.2) is 0 Å². The molecule has 0 aliphatic carbocycles. The van der Waals surface area contributed by atoms with E-state index in [1.807, 2.05) is 0 Å². The van der Waals surface area contributed by atoms with Gasteiger partial charge in [0.05, 0.1) is 0 Å². The Morgan fingerprint density at radius 1 is 0.194 bits per heavy atom. The van der Waals surface area contributed by atoms with E-state index in [1.54, 1.807) is 0 Å². The third-order valence-electron chi connectivity index (χ3n) is 13.3. The molecular weight excluding hydrogens is 749 g/mol. The highest BCUT2D eigenvalue weighted by Gasteiger charge is 2.19. The molecule has 0 radical (unpaired) electrons. The second kappa shape index (κ2) is 20.6. The van der Waals surface area contributed by atoms with Gasteiger partial charge in [0.2, 0.25) is 0 Å².